The average Bonchev–Trinajstić information content (AvgIpc) is 2.50. The molecule has 1 rings (SSSR count). The first-order valence-corrected chi connectivity index (χ1v) is 5.99. The van der Waals surface area contributed by atoms with Gasteiger partial charge in [-0.15, -0.1) is 0 Å². The molecule has 0 aromatic heterocycles. The van der Waals surface area contributed by atoms with Crippen molar-refractivity contribution in [2.45, 2.75) is 6.54 Å². The molecule has 106 valence electrons. The van der Waals surface area contributed by atoms with Gasteiger partial charge in [0.1, 0.15) is 5.57 Å². The molecule has 0 atom stereocenters. The van der Waals surface area contributed by atoms with Gasteiger partial charge in [0.05, 0.1) is 14.2 Å². The first kappa shape index (κ1) is 15.5. The van der Waals surface area contributed by atoms with E-state index in [0.29, 0.717) is 6.54 Å². The molecule has 0 bridgehead atoms. The summed E-state index contributed by atoms with van der Waals surface area (Å²) in [7, 11) is 2.41. The summed E-state index contributed by atoms with van der Waals surface area (Å²) in [5.41, 5.74) is 0.968. The molecule has 0 aliphatic carbocycles. The van der Waals surface area contributed by atoms with Crippen LogP contribution in [0.25, 0.3) is 0 Å². The standard InChI is InChI=1S/C15H17NO4/c1-19-14(17)13(15(18)20-2)9-6-10-16-11-12-7-4-3-5-8-12/h3-10,16H,11H2,1-2H3. The molecule has 0 heterocycles. The van der Waals surface area contributed by atoms with E-state index >= 15 is 0 Å². The molecule has 0 saturated carbocycles. The van der Waals surface area contributed by atoms with Gasteiger partial charge in [-0.25, -0.2) is 9.59 Å². The van der Waals surface area contributed by atoms with Gasteiger partial charge >= 0.3 is 11.9 Å². The molecule has 20 heavy (non-hydrogen) atoms. The van der Waals surface area contributed by atoms with Crippen molar-refractivity contribution in [1.29, 1.82) is 0 Å². The molecule has 5 heteroatoms. The maximum Gasteiger partial charge on any atom is 0.345 e. The van der Waals surface area contributed by atoms with Gasteiger partial charge in [-0.2, -0.15) is 0 Å². The van der Waals surface area contributed by atoms with Crippen molar-refractivity contribution < 1.29 is 19.1 Å². The second kappa shape index (κ2) is 8.53. The summed E-state index contributed by atoms with van der Waals surface area (Å²) >= 11 is 0. The smallest absolute Gasteiger partial charge is 0.345 e. The van der Waals surface area contributed by atoms with Crippen LogP contribution in [0.15, 0.2) is 54.3 Å². The van der Waals surface area contributed by atoms with Gasteiger partial charge in [0, 0.05) is 6.54 Å². The minimum atomic E-state index is -0.732. The second-order valence-corrected chi connectivity index (χ2v) is 3.79. The highest BCUT2D eigenvalue weighted by molar-refractivity contribution is 6.14. The lowest BCUT2D eigenvalue weighted by molar-refractivity contribution is -0.144. The van der Waals surface area contributed by atoms with Crippen LogP contribution in [-0.2, 0) is 25.6 Å². The Morgan fingerprint density at radius 2 is 1.70 bits per heavy atom. The van der Waals surface area contributed by atoms with Crippen molar-refractivity contribution in [1.82, 2.24) is 5.32 Å². The van der Waals surface area contributed by atoms with Crippen LogP contribution in [0.4, 0.5) is 0 Å². The summed E-state index contributed by atoms with van der Waals surface area (Å²) in [6.45, 7) is 0.650. The van der Waals surface area contributed by atoms with Gasteiger partial charge in [0.2, 0.25) is 0 Å². The molecule has 1 aromatic carbocycles. The van der Waals surface area contributed by atoms with E-state index in [0.717, 1.165) is 5.56 Å². The van der Waals surface area contributed by atoms with Crippen LogP contribution >= 0.6 is 0 Å². The molecule has 0 radical (unpaired) electrons. The number of nitrogens with one attached hydrogen (secondary N) is 1. The summed E-state index contributed by atoms with van der Waals surface area (Å²) < 4.78 is 9.00. The summed E-state index contributed by atoms with van der Waals surface area (Å²) in [4.78, 5) is 22.7. The topological polar surface area (TPSA) is 64.6 Å². The summed E-state index contributed by atoms with van der Waals surface area (Å²) in [5.74, 6) is -1.46. The number of methoxy groups -OCH3 is 2. The van der Waals surface area contributed by atoms with Crippen LogP contribution < -0.4 is 5.32 Å². The van der Waals surface area contributed by atoms with Gasteiger partial charge in [-0.3, -0.25) is 0 Å². The fraction of sp³-hybridized carbons (Fsp3) is 0.200. The Hall–Kier alpha value is -2.56. The van der Waals surface area contributed by atoms with Crippen molar-refractivity contribution in [2.75, 3.05) is 14.2 Å². The zero-order valence-corrected chi connectivity index (χ0v) is 11.5. The van der Waals surface area contributed by atoms with E-state index in [2.05, 4.69) is 14.8 Å². The molecule has 0 amide bonds. The Labute approximate surface area is 117 Å². The molecule has 0 unspecified atom stereocenters. The normalized spacial score (nSPS) is 9.90. The van der Waals surface area contributed by atoms with E-state index in [1.54, 1.807) is 12.3 Å². The van der Waals surface area contributed by atoms with Crippen molar-refractivity contribution in [3.63, 3.8) is 0 Å². The third-order valence-corrected chi connectivity index (χ3v) is 2.44. The number of carbonyl (C=O) groups is 2. The van der Waals surface area contributed by atoms with Crippen molar-refractivity contribution in [2.24, 2.45) is 0 Å². The summed E-state index contributed by atoms with van der Waals surface area (Å²) in [5, 5.41) is 3.04. The number of ether oxygens (including phenoxy) is 2. The highest BCUT2D eigenvalue weighted by Crippen LogP contribution is 2.01. The molecule has 0 aliphatic rings. The van der Waals surface area contributed by atoms with Gasteiger partial charge in [0.25, 0.3) is 0 Å². The lowest BCUT2D eigenvalue weighted by atomic mass is 10.2. The van der Waals surface area contributed by atoms with Crippen LogP contribution in [0.3, 0.4) is 0 Å². The number of esters is 2. The zero-order valence-electron chi connectivity index (χ0n) is 11.5. The van der Waals surface area contributed by atoms with E-state index in [1.807, 2.05) is 30.3 Å². The molecule has 1 aromatic rings. The molecule has 1 N–H and O–H groups in total. The monoisotopic (exact) mass is 275 g/mol. The lowest BCUT2D eigenvalue weighted by Gasteiger charge is -2.02. The quantitative estimate of drug-likeness (QED) is 0.281. The molecule has 0 spiro atoms. The number of hydrogen-bond acceptors (Lipinski definition) is 5. The Morgan fingerprint density at radius 3 is 2.25 bits per heavy atom. The number of carbonyl (C=O) groups excluding carboxylic acids is 2. The molecule has 5 nitrogen and oxygen atoms in total. The molecular formula is C15H17NO4. The Morgan fingerprint density at radius 1 is 1.10 bits per heavy atom. The third kappa shape index (κ3) is 4.97. The number of rotatable bonds is 6. The predicted molar refractivity (Wildman–Crippen MR) is 74.5 cm³/mol. The van der Waals surface area contributed by atoms with Crippen LogP contribution in [0, 0.1) is 0 Å². The average molecular weight is 275 g/mol. The maximum absolute atomic E-state index is 11.4. The Bertz CT molecular complexity index is 488. The van der Waals surface area contributed by atoms with E-state index in [4.69, 9.17) is 0 Å². The van der Waals surface area contributed by atoms with Crippen LogP contribution in [-0.4, -0.2) is 26.2 Å². The van der Waals surface area contributed by atoms with E-state index in [-0.39, 0.29) is 5.57 Å². The largest absolute Gasteiger partial charge is 0.465 e. The van der Waals surface area contributed by atoms with Crippen molar-refractivity contribution in [3.8, 4) is 0 Å². The van der Waals surface area contributed by atoms with E-state index < -0.39 is 11.9 Å². The fourth-order valence-electron chi connectivity index (χ4n) is 1.42. The summed E-state index contributed by atoms with van der Waals surface area (Å²) in [6, 6.07) is 9.83. The first-order valence-electron chi connectivity index (χ1n) is 5.99. The number of benzene rings is 1. The second-order valence-electron chi connectivity index (χ2n) is 3.79. The third-order valence-electron chi connectivity index (χ3n) is 2.44. The van der Waals surface area contributed by atoms with Crippen LogP contribution in [0.5, 0.6) is 0 Å². The first-order chi connectivity index (χ1) is 9.69. The fourth-order valence-corrected chi connectivity index (χ4v) is 1.42. The molecular weight excluding hydrogens is 258 g/mol. The Balaban J connectivity index is 2.56. The van der Waals surface area contributed by atoms with Gasteiger partial charge in [0.15, 0.2) is 0 Å². The van der Waals surface area contributed by atoms with Gasteiger partial charge in [-0.1, -0.05) is 30.3 Å². The lowest BCUT2D eigenvalue weighted by Crippen LogP contribution is -2.15. The number of hydrogen-bond donors (Lipinski definition) is 1. The Kier molecular flexibility index (Phi) is 6.61. The zero-order chi connectivity index (χ0) is 14.8. The summed E-state index contributed by atoms with van der Waals surface area (Å²) in [6.07, 6.45) is 4.53. The predicted octanol–water partition coefficient (Wildman–Crippen LogP) is 1.56. The highest BCUT2D eigenvalue weighted by atomic mass is 16.5. The van der Waals surface area contributed by atoms with E-state index in [9.17, 15) is 9.59 Å². The minimum Gasteiger partial charge on any atom is -0.465 e. The molecule has 0 aliphatic heterocycles. The SMILES string of the molecule is COC(=O)C(=CC=CNCc1ccccc1)C(=O)OC. The minimum absolute atomic E-state index is 0.159. The van der Waals surface area contributed by atoms with Crippen molar-refractivity contribution >= 4 is 11.9 Å². The maximum atomic E-state index is 11.4. The molecule has 0 saturated heterocycles. The van der Waals surface area contributed by atoms with E-state index in [1.165, 1.54) is 20.3 Å². The van der Waals surface area contributed by atoms with Crippen LogP contribution in [0.1, 0.15) is 5.56 Å². The number of allylic oxidation sites excluding steroid dienone is 2. The van der Waals surface area contributed by atoms with Gasteiger partial charge in [-0.05, 0) is 23.9 Å². The van der Waals surface area contributed by atoms with Crippen LogP contribution in [0.2, 0.25) is 0 Å². The highest BCUT2D eigenvalue weighted by Gasteiger charge is 2.18. The molecule has 0 fully saturated rings. The van der Waals surface area contributed by atoms with Gasteiger partial charge < -0.3 is 14.8 Å². The van der Waals surface area contributed by atoms with Crippen molar-refractivity contribution in [3.05, 3.63) is 59.8 Å².